The molecule has 0 aliphatic rings. The molecule has 18 heavy (non-hydrogen) atoms. The lowest BCUT2D eigenvalue weighted by molar-refractivity contribution is 0.0992. The number of carbonyl (C=O) groups excluding carboxylic acids is 1. The van der Waals surface area contributed by atoms with Gasteiger partial charge in [0, 0.05) is 19.8 Å². The molecule has 1 heterocycles. The zero-order valence-electron chi connectivity index (χ0n) is 10.4. The molecule has 102 valence electrons. The Bertz CT molecular complexity index is 521. The topological polar surface area (TPSA) is 106 Å². The Hall–Kier alpha value is -1.38. The van der Waals surface area contributed by atoms with Gasteiger partial charge in [0.05, 0.1) is 0 Å². The van der Waals surface area contributed by atoms with Crippen molar-refractivity contribution in [2.24, 2.45) is 12.8 Å². The molecule has 0 atom stereocenters. The van der Waals surface area contributed by atoms with E-state index in [0.717, 1.165) is 6.54 Å². The number of amides is 1. The number of hydrogen-bond donors (Lipinski definition) is 3. The van der Waals surface area contributed by atoms with Crippen molar-refractivity contribution in [3.05, 3.63) is 18.0 Å². The van der Waals surface area contributed by atoms with Gasteiger partial charge in [0.1, 0.15) is 10.6 Å². The molecule has 0 aromatic carbocycles. The monoisotopic (exact) mass is 274 g/mol. The number of carbonyl (C=O) groups is 1. The number of nitrogens with two attached hydrogens (primary N) is 1. The summed E-state index contributed by atoms with van der Waals surface area (Å²) in [5.41, 5.74) is 5.29. The Morgan fingerprint density at radius 3 is 2.61 bits per heavy atom. The second-order valence-electron chi connectivity index (χ2n) is 3.89. The lowest BCUT2D eigenvalue weighted by Crippen LogP contribution is -2.26. The highest BCUT2D eigenvalue weighted by atomic mass is 32.2. The van der Waals surface area contributed by atoms with E-state index in [1.54, 1.807) is 14.1 Å². The van der Waals surface area contributed by atoms with E-state index in [-0.39, 0.29) is 10.6 Å². The Kier molecular flexibility index (Phi) is 4.88. The van der Waals surface area contributed by atoms with E-state index in [9.17, 15) is 13.2 Å². The van der Waals surface area contributed by atoms with Crippen molar-refractivity contribution in [3.8, 4) is 0 Å². The summed E-state index contributed by atoms with van der Waals surface area (Å²) in [6, 6.07) is 1.27. The highest BCUT2D eigenvalue weighted by molar-refractivity contribution is 7.89. The first kappa shape index (κ1) is 14.7. The molecule has 0 spiro atoms. The van der Waals surface area contributed by atoms with Crippen LogP contribution in [-0.4, -0.2) is 39.0 Å². The Balaban J connectivity index is 2.79. The molecule has 0 bridgehead atoms. The van der Waals surface area contributed by atoms with Gasteiger partial charge < -0.3 is 15.6 Å². The van der Waals surface area contributed by atoms with Crippen LogP contribution in [0.15, 0.2) is 17.2 Å². The Morgan fingerprint density at radius 2 is 2.11 bits per heavy atom. The second-order valence-corrected chi connectivity index (χ2v) is 5.66. The molecule has 1 aromatic heterocycles. The zero-order chi connectivity index (χ0) is 13.8. The van der Waals surface area contributed by atoms with Gasteiger partial charge in [0.15, 0.2) is 0 Å². The van der Waals surface area contributed by atoms with Crippen LogP contribution in [-0.2, 0) is 17.1 Å². The number of primary amides is 1. The van der Waals surface area contributed by atoms with Crippen LogP contribution in [0.3, 0.4) is 0 Å². The normalized spacial score (nSPS) is 11.7. The maximum atomic E-state index is 11.9. The largest absolute Gasteiger partial charge is 0.364 e. The molecule has 0 radical (unpaired) electrons. The maximum Gasteiger partial charge on any atom is 0.265 e. The lowest BCUT2D eigenvalue weighted by Gasteiger charge is -2.04. The molecule has 0 saturated carbocycles. The first-order chi connectivity index (χ1) is 8.38. The van der Waals surface area contributed by atoms with E-state index < -0.39 is 15.9 Å². The van der Waals surface area contributed by atoms with E-state index in [1.165, 1.54) is 16.8 Å². The fourth-order valence-corrected chi connectivity index (χ4v) is 2.62. The van der Waals surface area contributed by atoms with E-state index in [4.69, 9.17) is 5.73 Å². The third kappa shape index (κ3) is 3.56. The first-order valence-corrected chi connectivity index (χ1v) is 6.97. The number of rotatable bonds is 7. The number of sulfonamides is 1. The molecule has 0 aliphatic heterocycles. The number of aromatic nitrogens is 1. The molecule has 4 N–H and O–H groups in total. The molecule has 7 nitrogen and oxygen atoms in total. The van der Waals surface area contributed by atoms with Gasteiger partial charge in [-0.2, -0.15) is 0 Å². The summed E-state index contributed by atoms with van der Waals surface area (Å²) in [5.74, 6) is -0.658. The van der Waals surface area contributed by atoms with E-state index >= 15 is 0 Å². The molecule has 0 fully saturated rings. The van der Waals surface area contributed by atoms with Gasteiger partial charge in [-0.05, 0) is 26.1 Å². The minimum absolute atomic E-state index is 0.0447. The van der Waals surface area contributed by atoms with Gasteiger partial charge in [-0.1, -0.05) is 0 Å². The number of hydrogen-bond acceptors (Lipinski definition) is 4. The summed E-state index contributed by atoms with van der Waals surface area (Å²) < 4.78 is 27.6. The van der Waals surface area contributed by atoms with Crippen LogP contribution in [0.25, 0.3) is 0 Å². The SMILES string of the molecule is CNCCCNS(=O)(=O)c1cc(C(N)=O)n(C)c1. The Morgan fingerprint density at radius 1 is 1.44 bits per heavy atom. The highest BCUT2D eigenvalue weighted by Crippen LogP contribution is 2.12. The summed E-state index contributed by atoms with van der Waals surface area (Å²) >= 11 is 0. The molecule has 1 aromatic rings. The smallest absolute Gasteiger partial charge is 0.265 e. The van der Waals surface area contributed by atoms with Crippen LogP contribution in [0.1, 0.15) is 16.9 Å². The van der Waals surface area contributed by atoms with E-state index in [0.29, 0.717) is 13.0 Å². The number of nitrogens with one attached hydrogen (secondary N) is 2. The van der Waals surface area contributed by atoms with Crippen LogP contribution in [0.4, 0.5) is 0 Å². The molecule has 0 saturated heterocycles. The summed E-state index contributed by atoms with van der Waals surface area (Å²) in [7, 11) is -0.216. The van der Waals surface area contributed by atoms with Gasteiger partial charge in [-0.3, -0.25) is 4.79 Å². The number of nitrogens with zero attached hydrogens (tertiary/aromatic N) is 1. The van der Waals surface area contributed by atoms with Gasteiger partial charge in [-0.25, -0.2) is 13.1 Å². The lowest BCUT2D eigenvalue weighted by atomic mass is 10.4. The summed E-state index contributed by atoms with van der Waals surface area (Å²) in [6.07, 6.45) is 2.05. The van der Waals surface area contributed by atoms with Gasteiger partial charge >= 0.3 is 0 Å². The summed E-state index contributed by atoms with van der Waals surface area (Å²) in [6.45, 7) is 1.06. The quantitative estimate of drug-likeness (QED) is 0.555. The Labute approximate surface area is 106 Å². The van der Waals surface area contributed by atoms with Crippen LogP contribution < -0.4 is 15.8 Å². The van der Waals surface area contributed by atoms with Crippen molar-refractivity contribution < 1.29 is 13.2 Å². The van der Waals surface area contributed by atoms with Crippen molar-refractivity contribution in [2.45, 2.75) is 11.3 Å². The van der Waals surface area contributed by atoms with Crippen molar-refractivity contribution in [1.29, 1.82) is 0 Å². The predicted molar refractivity (Wildman–Crippen MR) is 67.7 cm³/mol. The fraction of sp³-hybridized carbons (Fsp3) is 0.500. The van der Waals surface area contributed by atoms with Crippen LogP contribution in [0.2, 0.25) is 0 Å². The molecular weight excluding hydrogens is 256 g/mol. The van der Waals surface area contributed by atoms with E-state index in [2.05, 4.69) is 10.0 Å². The molecule has 8 heteroatoms. The van der Waals surface area contributed by atoms with Crippen LogP contribution in [0.5, 0.6) is 0 Å². The maximum absolute atomic E-state index is 11.9. The average Bonchev–Trinajstić information content (AvgIpc) is 2.68. The van der Waals surface area contributed by atoms with Crippen molar-refractivity contribution in [2.75, 3.05) is 20.1 Å². The van der Waals surface area contributed by atoms with Gasteiger partial charge in [-0.15, -0.1) is 0 Å². The minimum atomic E-state index is -3.58. The van der Waals surface area contributed by atoms with Crippen molar-refractivity contribution >= 4 is 15.9 Å². The molecular formula is C10H18N4O3S. The van der Waals surface area contributed by atoms with Gasteiger partial charge in [0.2, 0.25) is 10.0 Å². The first-order valence-electron chi connectivity index (χ1n) is 5.49. The third-order valence-electron chi connectivity index (χ3n) is 2.44. The second kappa shape index (κ2) is 5.98. The predicted octanol–water partition coefficient (Wildman–Crippen LogP) is -0.988. The highest BCUT2D eigenvalue weighted by Gasteiger charge is 2.18. The minimum Gasteiger partial charge on any atom is -0.364 e. The van der Waals surface area contributed by atoms with E-state index in [1.807, 2.05) is 0 Å². The van der Waals surface area contributed by atoms with Crippen molar-refractivity contribution in [3.63, 3.8) is 0 Å². The van der Waals surface area contributed by atoms with Crippen molar-refractivity contribution in [1.82, 2.24) is 14.6 Å². The molecule has 1 rings (SSSR count). The summed E-state index contributed by atoms with van der Waals surface area (Å²) in [4.78, 5) is 11.1. The molecule has 0 aliphatic carbocycles. The molecule has 0 unspecified atom stereocenters. The average molecular weight is 274 g/mol. The fourth-order valence-electron chi connectivity index (χ4n) is 1.48. The van der Waals surface area contributed by atoms with Gasteiger partial charge in [0.25, 0.3) is 5.91 Å². The number of aryl methyl sites for hydroxylation is 1. The third-order valence-corrected chi connectivity index (χ3v) is 3.87. The summed E-state index contributed by atoms with van der Waals surface area (Å²) in [5, 5.41) is 2.92. The standard InChI is InChI=1S/C10H18N4O3S/c1-12-4-3-5-13-18(16,17)8-6-9(10(11)15)14(2)7-8/h6-7,12-13H,3-5H2,1-2H3,(H2,11,15). The van der Waals surface area contributed by atoms with Crippen LogP contribution >= 0.6 is 0 Å². The van der Waals surface area contributed by atoms with Crippen LogP contribution in [0, 0.1) is 0 Å². The molecule has 1 amide bonds. The zero-order valence-corrected chi connectivity index (χ0v) is 11.3.